The van der Waals surface area contributed by atoms with Crippen molar-refractivity contribution in [2.24, 2.45) is 0 Å². The van der Waals surface area contributed by atoms with E-state index < -0.39 is 6.10 Å². The molecule has 0 bridgehead atoms. The topological polar surface area (TPSA) is 29.5 Å². The van der Waals surface area contributed by atoms with Crippen LogP contribution < -0.4 is 4.74 Å². The van der Waals surface area contributed by atoms with Crippen LogP contribution in [0.4, 0.5) is 0 Å². The van der Waals surface area contributed by atoms with E-state index in [9.17, 15) is 5.11 Å². The maximum absolute atomic E-state index is 10.4. The molecule has 4 heteroatoms. The first kappa shape index (κ1) is 13.4. The third-order valence-electron chi connectivity index (χ3n) is 2.70. The number of ether oxygens (including phenoxy) is 1. The number of aliphatic hydroxyl groups is 1. The first-order valence-electron chi connectivity index (χ1n) is 5.39. The Bertz CT molecular complexity index is 557. The van der Waals surface area contributed by atoms with Gasteiger partial charge in [-0.25, -0.2) is 0 Å². The van der Waals surface area contributed by atoms with Crippen molar-refractivity contribution < 1.29 is 9.84 Å². The molecule has 0 aromatic heterocycles. The molecule has 2 aromatic carbocycles. The SMILES string of the molecule is COc1ccc(C(O)c2ccccc2Br)c(Cl)c1. The van der Waals surface area contributed by atoms with Crippen LogP contribution >= 0.6 is 27.5 Å². The van der Waals surface area contributed by atoms with Gasteiger partial charge in [-0.1, -0.05) is 51.8 Å². The van der Waals surface area contributed by atoms with Gasteiger partial charge in [0.1, 0.15) is 11.9 Å². The van der Waals surface area contributed by atoms with Crippen LogP contribution in [0.25, 0.3) is 0 Å². The molecule has 1 N–H and O–H groups in total. The average molecular weight is 328 g/mol. The molecule has 0 saturated carbocycles. The number of benzene rings is 2. The van der Waals surface area contributed by atoms with Crippen LogP contribution in [0.5, 0.6) is 5.75 Å². The number of rotatable bonds is 3. The van der Waals surface area contributed by atoms with Crippen molar-refractivity contribution in [2.75, 3.05) is 7.11 Å². The van der Waals surface area contributed by atoms with E-state index in [4.69, 9.17) is 16.3 Å². The molecule has 0 aliphatic rings. The van der Waals surface area contributed by atoms with Crippen molar-refractivity contribution in [1.29, 1.82) is 0 Å². The van der Waals surface area contributed by atoms with Crippen molar-refractivity contribution in [3.63, 3.8) is 0 Å². The van der Waals surface area contributed by atoms with Crippen LogP contribution in [0.1, 0.15) is 17.2 Å². The lowest BCUT2D eigenvalue weighted by Gasteiger charge is -2.15. The summed E-state index contributed by atoms with van der Waals surface area (Å²) in [6.45, 7) is 0. The number of halogens is 2. The summed E-state index contributed by atoms with van der Waals surface area (Å²) in [5, 5.41) is 10.8. The van der Waals surface area contributed by atoms with Crippen LogP contribution in [-0.2, 0) is 0 Å². The summed E-state index contributed by atoms with van der Waals surface area (Å²) in [5.74, 6) is 0.670. The predicted octanol–water partition coefficient (Wildman–Crippen LogP) is 4.19. The zero-order valence-corrected chi connectivity index (χ0v) is 12.1. The molecule has 0 fully saturated rings. The molecule has 94 valence electrons. The van der Waals surface area contributed by atoms with Gasteiger partial charge in [0.15, 0.2) is 0 Å². The standard InChI is InChI=1S/C14H12BrClO2/c1-18-9-6-7-11(13(16)8-9)14(17)10-4-2-3-5-12(10)15/h2-8,14,17H,1H3. The van der Waals surface area contributed by atoms with Gasteiger partial charge in [0.2, 0.25) is 0 Å². The fourth-order valence-electron chi connectivity index (χ4n) is 1.72. The highest BCUT2D eigenvalue weighted by atomic mass is 79.9. The minimum atomic E-state index is -0.765. The highest BCUT2D eigenvalue weighted by Crippen LogP contribution is 2.33. The maximum atomic E-state index is 10.4. The molecule has 1 atom stereocenters. The normalized spacial score (nSPS) is 12.2. The van der Waals surface area contributed by atoms with E-state index in [1.165, 1.54) is 0 Å². The molecular weight excluding hydrogens is 316 g/mol. The summed E-state index contributed by atoms with van der Waals surface area (Å²) >= 11 is 9.57. The summed E-state index contributed by atoms with van der Waals surface area (Å²) in [5.41, 5.74) is 1.44. The fraction of sp³-hybridized carbons (Fsp3) is 0.143. The zero-order chi connectivity index (χ0) is 13.1. The number of hydrogen-bond acceptors (Lipinski definition) is 2. The monoisotopic (exact) mass is 326 g/mol. The van der Waals surface area contributed by atoms with Crippen molar-refractivity contribution in [2.45, 2.75) is 6.10 Å². The molecule has 0 aliphatic carbocycles. The average Bonchev–Trinajstić information content (AvgIpc) is 2.38. The van der Waals surface area contributed by atoms with Crippen molar-refractivity contribution in [3.05, 3.63) is 63.1 Å². The van der Waals surface area contributed by atoms with E-state index in [2.05, 4.69) is 15.9 Å². The van der Waals surface area contributed by atoms with Crippen LogP contribution in [0.3, 0.4) is 0 Å². The Morgan fingerprint density at radius 3 is 2.50 bits per heavy atom. The molecule has 2 aromatic rings. The van der Waals surface area contributed by atoms with Gasteiger partial charge in [-0.05, 0) is 23.8 Å². The van der Waals surface area contributed by atoms with Gasteiger partial charge < -0.3 is 9.84 Å². The second-order valence-electron chi connectivity index (χ2n) is 3.81. The molecule has 0 saturated heterocycles. The van der Waals surface area contributed by atoms with Gasteiger partial charge in [-0.3, -0.25) is 0 Å². The van der Waals surface area contributed by atoms with Crippen LogP contribution in [0.2, 0.25) is 5.02 Å². The number of aliphatic hydroxyl groups excluding tert-OH is 1. The number of methoxy groups -OCH3 is 1. The molecule has 2 nitrogen and oxygen atoms in total. The first-order valence-corrected chi connectivity index (χ1v) is 6.56. The minimum Gasteiger partial charge on any atom is -0.497 e. The molecule has 0 heterocycles. The minimum absolute atomic E-state index is 0.484. The van der Waals surface area contributed by atoms with Crippen LogP contribution in [0.15, 0.2) is 46.9 Å². The zero-order valence-electron chi connectivity index (χ0n) is 9.73. The van der Waals surface area contributed by atoms with E-state index in [1.807, 2.05) is 24.3 Å². The third kappa shape index (κ3) is 2.69. The second-order valence-corrected chi connectivity index (χ2v) is 5.07. The van der Waals surface area contributed by atoms with E-state index in [0.717, 1.165) is 10.0 Å². The van der Waals surface area contributed by atoms with Crippen LogP contribution in [0, 0.1) is 0 Å². The Morgan fingerprint density at radius 2 is 1.89 bits per heavy atom. The lowest BCUT2D eigenvalue weighted by Crippen LogP contribution is -2.01. The van der Waals surface area contributed by atoms with E-state index >= 15 is 0 Å². The third-order valence-corrected chi connectivity index (χ3v) is 3.75. The van der Waals surface area contributed by atoms with Gasteiger partial charge in [0.05, 0.1) is 12.1 Å². The fourth-order valence-corrected chi connectivity index (χ4v) is 2.50. The Balaban J connectivity index is 2.40. The molecule has 0 amide bonds. The van der Waals surface area contributed by atoms with Crippen molar-refractivity contribution in [3.8, 4) is 5.75 Å². The smallest absolute Gasteiger partial charge is 0.120 e. The van der Waals surface area contributed by atoms with Gasteiger partial charge in [0, 0.05) is 10.0 Å². The Kier molecular flexibility index (Phi) is 4.27. The Hall–Kier alpha value is -1.03. The maximum Gasteiger partial charge on any atom is 0.120 e. The van der Waals surface area contributed by atoms with Gasteiger partial charge in [-0.2, -0.15) is 0 Å². The van der Waals surface area contributed by atoms with E-state index in [1.54, 1.807) is 25.3 Å². The molecule has 1 unspecified atom stereocenters. The highest BCUT2D eigenvalue weighted by molar-refractivity contribution is 9.10. The quantitative estimate of drug-likeness (QED) is 0.916. The van der Waals surface area contributed by atoms with E-state index in [0.29, 0.717) is 16.3 Å². The summed E-state index contributed by atoms with van der Waals surface area (Å²) in [6.07, 6.45) is -0.765. The summed E-state index contributed by atoms with van der Waals surface area (Å²) in [4.78, 5) is 0. The lowest BCUT2D eigenvalue weighted by atomic mass is 10.0. The van der Waals surface area contributed by atoms with E-state index in [-0.39, 0.29) is 0 Å². The first-order chi connectivity index (χ1) is 8.63. The Labute approximate surface area is 119 Å². The lowest BCUT2D eigenvalue weighted by molar-refractivity contribution is 0.219. The Morgan fingerprint density at radius 1 is 1.17 bits per heavy atom. The molecular formula is C14H12BrClO2. The molecule has 0 radical (unpaired) electrons. The summed E-state index contributed by atoms with van der Waals surface area (Å²) in [7, 11) is 1.58. The highest BCUT2D eigenvalue weighted by Gasteiger charge is 2.16. The summed E-state index contributed by atoms with van der Waals surface area (Å²) in [6, 6.07) is 12.8. The second kappa shape index (κ2) is 5.74. The summed E-state index contributed by atoms with van der Waals surface area (Å²) < 4.78 is 5.94. The largest absolute Gasteiger partial charge is 0.497 e. The van der Waals surface area contributed by atoms with Gasteiger partial charge >= 0.3 is 0 Å². The number of hydrogen-bond donors (Lipinski definition) is 1. The molecule has 18 heavy (non-hydrogen) atoms. The molecule has 0 spiro atoms. The van der Waals surface area contributed by atoms with Gasteiger partial charge in [-0.15, -0.1) is 0 Å². The predicted molar refractivity (Wildman–Crippen MR) is 76.2 cm³/mol. The van der Waals surface area contributed by atoms with Crippen molar-refractivity contribution >= 4 is 27.5 Å². The van der Waals surface area contributed by atoms with Gasteiger partial charge in [0.25, 0.3) is 0 Å². The molecule has 0 aliphatic heterocycles. The van der Waals surface area contributed by atoms with Crippen LogP contribution in [-0.4, -0.2) is 12.2 Å². The molecule has 2 rings (SSSR count). The van der Waals surface area contributed by atoms with Crippen molar-refractivity contribution in [1.82, 2.24) is 0 Å².